The van der Waals surface area contributed by atoms with Gasteiger partial charge in [-0.25, -0.2) is 4.79 Å². The van der Waals surface area contributed by atoms with Gasteiger partial charge in [0.05, 0.1) is 6.61 Å². The molecule has 1 aromatic rings. The van der Waals surface area contributed by atoms with E-state index in [1.165, 1.54) is 0 Å². The molecule has 2 rings (SSSR count). The van der Waals surface area contributed by atoms with Crippen LogP contribution >= 0.6 is 0 Å². The monoisotopic (exact) mass is 245 g/mol. The van der Waals surface area contributed by atoms with Crippen LogP contribution in [-0.2, 0) is 4.74 Å². The van der Waals surface area contributed by atoms with E-state index in [1.54, 1.807) is 0 Å². The molecule has 9 nitrogen and oxygen atoms in total. The molecule has 0 radical (unpaired) electrons. The minimum Gasteiger partial charge on any atom is -0.394 e. The van der Waals surface area contributed by atoms with Gasteiger partial charge in [-0.15, -0.1) is 0 Å². The number of aromatic amines is 1. The van der Waals surface area contributed by atoms with Crippen LogP contribution in [0, 0.1) is 0 Å². The Morgan fingerprint density at radius 2 is 2.12 bits per heavy atom. The standard InChI is InChI=1S/C8H11N3O6/c12-2-3-5(14)6(15)7(17-3)11-8(16)10-4(13)1-9-11/h1,3,5-7,12,14-15H,2H2,(H,10,13,16)/t3?,5-,6-,7?/m0/s1. The van der Waals surface area contributed by atoms with E-state index < -0.39 is 42.4 Å². The smallest absolute Gasteiger partial charge is 0.347 e. The average molecular weight is 245 g/mol. The third-order valence-electron chi connectivity index (χ3n) is 2.50. The second-order valence-electron chi connectivity index (χ2n) is 3.61. The molecule has 4 atom stereocenters. The zero-order valence-corrected chi connectivity index (χ0v) is 8.55. The summed E-state index contributed by atoms with van der Waals surface area (Å²) in [4.78, 5) is 24.1. The number of aliphatic hydroxyl groups excluding tert-OH is 3. The van der Waals surface area contributed by atoms with E-state index in [9.17, 15) is 19.8 Å². The number of ether oxygens (including phenoxy) is 1. The predicted octanol–water partition coefficient (Wildman–Crippen LogP) is -3.46. The lowest BCUT2D eigenvalue weighted by molar-refractivity contribution is -0.0618. The van der Waals surface area contributed by atoms with E-state index in [0.29, 0.717) is 4.68 Å². The SMILES string of the molecule is O=c1cnn(C2OC(CO)[C@H](O)[C@@H]2O)c(=O)[nH]1. The van der Waals surface area contributed by atoms with Gasteiger partial charge in [0.25, 0.3) is 5.56 Å². The molecule has 0 saturated carbocycles. The van der Waals surface area contributed by atoms with Crippen LogP contribution in [0.1, 0.15) is 6.23 Å². The molecule has 1 saturated heterocycles. The number of H-pyrrole nitrogens is 1. The number of hydrogen-bond donors (Lipinski definition) is 4. The van der Waals surface area contributed by atoms with E-state index in [4.69, 9.17) is 9.84 Å². The molecule has 1 aliphatic rings. The van der Waals surface area contributed by atoms with E-state index in [-0.39, 0.29) is 0 Å². The van der Waals surface area contributed by atoms with Crippen molar-refractivity contribution in [1.82, 2.24) is 14.8 Å². The van der Waals surface area contributed by atoms with Crippen LogP contribution in [0.25, 0.3) is 0 Å². The summed E-state index contributed by atoms with van der Waals surface area (Å²) in [5, 5.41) is 31.5. The van der Waals surface area contributed by atoms with Crippen LogP contribution in [0.2, 0.25) is 0 Å². The second kappa shape index (κ2) is 4.37. The van der Waals surface area contributed by atoms with E-state index in [2.05, 4.69) is 5.10 Å². The van der Waals surface area contributed by atoms with E-state index >= 15 is 0 Å². The van der Waals surface area contributed by atoms with Crippen molar-refractivity contribution in [3.8, 4) is 0 Å². The van der Waals surface area contributed by atoms with Gasteiger partial charge < -0.3 is 20.1 Å². The molecule has 1 fully saturated rings. The Morgan fingerprint density at radius 1 is 1.41 bits per heavy atom. The van der Waals surface area contributed by atoms with Gasteiger partial charge in [0, 0.05) is 0 Å². The molecule has 9 heteroatoms. The molecule has 4 N–H and O–H groups in total. The van der Waals surface area contributed by atoms with Gasteiger partial charge in [0.15, 0.2) is 6.23 Å². The Kier molecular flexibility index (Phi) is 3.07. The lowest BCUT2D eigenvalue weighted by Gasteiger charge is -2.14. The first-order valence-electron chi connectivity index (χ1n) is 4.85. The summed E-state index contributed by atoms with van der Waals surface area (Å²) >= 11 is 0. The molecule has 2 heterocycles. The first-order valence-corrected chi connectivity index (χ1v) is 4.85. The fourth-order valence-corrected chi connectivity index (χ4v) is 1.63. The molecule has 0 spiro atoms. The molecule has 0 aliphatic carbocycles. The largest absolute Gasteiger partial charge is 0.394 e. The summed E-state index contributed by atoms with van der Waals surface area (Å²) in [5.74, 6) is 0. The molecule has 0 aromatic carbocycles. The summed E-state index contributed by atoms with van der Waals surface area (Å²) in [7, 11) is 0. The quantitative estimate of drug-likeness (QED) is 0.425. The number of rotatable bonds is 2. The summed E-state index contributed by atoms with van der Waals surface area (Å²) < 4.78 is 5.77. The first-order chi connectivity index (χ1) is 8.04. The lowest BCUT2D eigenvalue weighted by Crippen LogP contribution is -2.39. The Morgan fingerprint density at radius 3 is 2.65 bits per heavy atom. The fraction of sp³-hybridized carbons (Fsp3) is 0.625. The predicted molar refractivity (Wildman–Crippen MR) is 52.1 cm³/mol. The van der Waals surface area contributed by atoms with Crippen molar-refractivity contribution in [1.29, 1.82) is 0 Å². The number of aliphatic hydroxyl groups is 3. The minimum absolute atomic E-state index is 0.507. The highest BCUT2D eigenvalue weighted by Crippen LogP contribution is 2.27. The molecule has 17 heavy (non-hydrogen) atoms. The van der Waals surface area contributed by atoms with Crippen molar-refractivity contribution in [3.63, 3.8) is 0 Å². The summed E-state index contributed by atoms with van der Waals surface area (Å²) in [5.41, 5.74) is -1.55. The molecule has 94 valence electrons. The molecule has 0 bridgehead atoms. The molecule has 2 unspecified atom stereocenters. The highest BCUT2D eigenvalue weighted by molar-refractivity contribution is 4.88. The Labute approximate surface area is 93.9 Å². The molecule has 0 amide bonds. The van der Waals surface area contributed by atoms with Crippen LogP contribution in [0.5, 0.6) is 0 Å². The third-order valence-corrected chi connectivity index (χ3v) is 2.50. The van der Waals surface area contributed by atoms with Crippen LogP contribution in [0.4, 0.5) is 0 Å². The minimum atomic E-state index is -1.41. The Bertz CT molecular complexity index is 510. The van der Waals surface area contributed by atoms with E-state index in [0.717, 1.165) is 6.20 Å². The maximum absolute atomic E-state index is 11.4. The summed E-state index contributed by atoms with van der Waals surface area (Å²) in [6.07, 6.45) is -4.15. The van der Waals surface area contributed by atoms with Crippen LogP contribution < -0.4 is 11.2 Å². The van der Waals surface area contributed by atoms with Gasteiger partial charge in [-0.05, 0) is 0 Å². The topological polar surface area (TPSA) is 138 Å². The van der Waals surface area contributed by atoms with Crippen molar-refractivity contribution in [2.75, 3.05) is 6.61 Å². The maximum atomic E-state index is 11.4. The zero-order valence-electron chi connectivity index (χ0n) is 8.55. The summed E-state index contributed by atoms with van der Waals surface area (Å²) in [6, 6.07) is 0. The molecular formula is C8H11N3O6. The average Bonchev–Trinajstić information content (AvgIpc) is 2.57. The number of aromatic nitrogens is 3. The van der Waals surface area contributed by atoms with Crippen molar-refractivity contribution >= 4 is 0 Å². The third kappa shape index (κ3) is 2.00. The van der Waals surface area contributed by atoms with Crippen molar-refractivity contribution in [3.05, 3.63) is 27.0 Å². The van der Waals surface area contributed by atoms with E-state index in [1.807, 2.05) is 4.98 Å². The van der Waals surface area contributed by atoms with Gasteiger partial charge in [0.2, 0.25) is 0 Å². The van der Waals surface area contributed by atoms with Crippen molar-refractivity contribution < 1.29 is 20.1 Å². The van der Waals surface area contributed by atoms with Gasteiger partial charge >= 0.3 is 5.69 Å². The number of hydrogen-bond acceptors (Lipinski definition) is 7. The normalized spacial score (nSPS) is 32.9. The molecule has 1 aromatic heterocycles. The fourth-order valence-electron chi connectivity index (χ4n) is 1.63. The summed E-state index contributed by atoms with van der Waals surface area (Å²) in [6.45, 7) is -0.507. The maximum Gasteiger partial charge on any atom is 0.347 e. The highest BCUT2D eigenvalue weighted by atomic mass is 16.6. The van der Waals surface area contributed by atoms with Crippen molar-refractivity contribution in [2.24, 2.45) is 0 Å². The van der Waals surface area contributed by atoms with Crippen LogP contribution in [0.15, 0.2) is 15.8 Å². The second-order valence-corrected chi connectivity index (χ2v) is 3.61. The number of nitrogens with zero attached hydrogens (tertiary/aromatic N) is 2. The highest BCUT2D eigenvalue weighted by Gasteiger charge is 2.44. The van der Waals surface area contributed by atoms with Gasteiger partial charge in [-0.3, -0.25) is 9.78 Å². The van der Waals surface area contributed by atoms with Crippen molar-refractivity contribution in [2.45, 2.75) is 24.5 Å². The Hall–Kier alpha value is -1.55. The van der Waals surface area contributed by atoms with Gasteiger partial charge in [-0.1, -0.05) is 0 Å². The molecular weight excluding hydrogens is 234 g/mol. The Balaban J connectivity index is 2.35. The molecule has 1 aliphatic heterocycles. The first kappa shape index (κ1) is 11.9. The van der Waals surface area contributed by atoms with Gasteiger partial charge in [0.1, 0.15) is 24.5 Å². The lowest BCUT2D eigenvalue weighted by atomic mass is 10.1. The zero-order chi connectivity index (χ0) is 12.6. The van der Waals surface area contributed by atoms with Crippen LogP contribution in [0.3, 0.4) is 0 Å². The van der Waals surface area contributed by atoms with Gasteiger partial charge in [-0.2, -0.15) is 9.78 Å². The number of nitrogens with one attached hydrogen (secondary N) is 1. The van der Waals surface area contributed by atoms with Crippen LogP contribution in [-0.4, -0.2) is 55.0 Å².